The van der Waals surface area contributed by atoms with Gasteiger partial charge in [0.25, 0.3) is 0 Å². The third-order valence-corrected chi connectivity index (χ3v) is 4.01. The van der Waals surface area contributed by atoms with Crippen LogP contribution in [0.1, 0.15) is 25.0 Å². The predicted molar refractivity (Wildman–Crippen MR) is 93.8 cm³/mol. The Kier molecular flexibility index (Phi) is 5.87. The highest BCUT2D eigenvalue weighted by Crippen LogP contribution is 2.28. The van der Waals surface area contributed by atoms with E-state index in [1.807, 2.05) is 48.5 Å². The molecule has 0 fully saturated rings. The number of hydrogen-bond donors (Lipinski definition) is 1. The number of ether oxygens (including phenoxy) is 2. The van der Waals surface area contributed by atoms with Gasteiger partial charge in [0, 0.05) is 9.61 Å². The number of nitrogens with two attached hydrogens (primary N) is 1. The minimum absolute atomic E-state index is 0.0741. The topological polar surface area (TPSA) is 44.5 Å². The van der Waals surface area contributed by atoms with Gasteiger partial charge in [-0.1, -0.05) is 25.1 Å². The molecule has 21 heavy (non-hydrogen) atoms. The maximum Gasteiger partial charge on any atom is 0.139 e. The number of methoxy groups -OCH3 is 1. The van der Waals surface area contributed by atoms with Crippen molar-refractivity contribution in [3.8, 4) is 11.5 Å². The second kappa shape index (κ2) is 7.66. The zero-order valence-electron chi connectivity index (χ0n) is 12.3. The Labute approximate surface area is 139 Å². The summed E-state index contributed by atoms with van der Waals surface area (Å²) in [7, 11) is 1.66. The quantitative estimate of drug-likeness (QED) is 0.745. The summed E-state index contributed by atoms with van der Waals surface area (Å²) >= 11 is 2.27. The Morgan fingerprint density at radius 2 is 1.81 bits per heavy atom. The molecule has 4 heteroatoms. The molecule has 0 aliphatic carbocycles. The maximum absolute atomic E-state index is 6.26. The second-order valence-electron chi connectivity index (χ2n) is 4.84. The van der Waals surface area contributed by atoms with Crippen LogP contribution in [0, 0.1) is 3.57 Å². The second-order valence-corrected chi connectivity index (χ2v) is 6.09. The fourth-order valence-electron chi connectivity index (χ4n) is 2.12. The van der Waals surface area contributed by atoms with Crippen LogP contribution < -0.4 is 15.2 Å². The molecule has 0 spiro atoms. The zero-order chi connectivity index (χ0) is 15.2. The first kappa shape index (κ1) is 16.1. The van der Waals surface area contributed by atoms with Crippen LogP contribution in [0.5, 0.6) is 11.5 Å². The minimum atomic E-state index is -0.191. The van der Waals surface area contributed by atoms with Crippen molar-refractivity contribution in [3.05, 3.63) is 57.7 Å². The minimum Gasteiger partial charge on any atom is -0.497 e. The van der Waals surface area contributed by atoms with Crippen molar-refractivity contribution in [3.63, 3.8) is 0 Å². The van der Waals surface area contributed by atoms with E-state index < -0.39 is 0 Å². The van der Waals surface area contributed by atoms with Gasteiger partial charge >= 0.3 is 0 Å². The van der Waals surface area contributed by atoms with Crippen LogP contribution in [0.25, 0.3) is 0 Å². The first-order chi connectivity index (χ1) is 10.1. The Bertz CT molecular complexity index is 589. The standard InChI is InChI=1S/C17H20INO2/c1-3-16(19)17(12-6-4-8-14(10-12)20-2)21-15-9-5-7-13(18)11-15/h4-11,16-17H,3,19H2,1-2H3. The molecule has 0 aliphatic heterocycles. The molecule has 2 aromatic carbocycles. The molecule has 0 radical (unpaired) electrons. The summed E-state index contributed by atoms with van der Waals surface area (Å²) < 4.78 is 12.6. The summed E-state index contributed by atoms with van der Waals surface area (Å²) in [5.74, 6) is 1.64. The van der Waals surface area contributed by atoms with Crippen molar-refractivity contribution in [2.45, 2.75) is 25.5 Å². The highest BCUT2D eigenvalue weighted by molar-refractivity contribution is 14.1. The summed E-state index contributed by atoms with van der Waals surface area (Å²) in [5.41, 5.74) is 7.29. The van der Waals surface area contributed by atoms with Gasteiger partial charge in [-0.25, -0.2) is 0 Å². The lowest BCUT2D eigenvalue weighted by Crippen LogP contribution is -2.31. The molecule has 0 bridgehead atoms. The van der Waals surface area contributed by atoms with E-state index in [0.717, 1.165) is 27.1 Å². The molecule has 0 heterocycles. The summed E-state index contributed by atoms with van der Waals surface area (Å²) in [6.07, 6.45) is 0.648. The molecule has 2 N–H and O–H groups in total. The number of rotatable bonds is 6. The van der Waals surface area contributed by atoms with Crippen LogP contribution >= 0.6 is 22.6 Å². The molecule has 3 nitrogen and oxygen atoms in total. The van der Waals surface area contributed by atoms with E-state index in [2.05, 4.69) is 29.5 Å². The SMILES string of the molecule is CCC(N)C(Oc1cccc(I)c1)c1cccc(OC)c1. The van der Waals surface area contributed by atoms with E-state index in [1.165, 1.54) is 0 Å². The van der Waals surface area contributed by atoms with Gasteiger partial charge in [-0.3, -0.25) is 0 Å². The molecule has 0 saturated carbocycles. The number of hydrogen-bond acceptors (Lipinski definition) is 3. The third-order valence-electron chi connectivity index (χ3n) is 3.34. The monoisotopic (exact) mass is 397 g/mol. The lowest BCUT2D eigenvalue weighted by molar-refractivity contribution is 0.170. The molecule has 0 aromatic heterocycles. The summed E-state index contributed by atoms with van der Waals surface area (Å²) in [4.78, 5) is 0. The summed E-state index contributed by atoms with van der Waals surface area (Å²) in [5, 5.41) is 0. The van der Waals surface area contributed by atoms with Crippen LogP contribution in [0.2, 0.25) is 0 Å². The fourth-order valence-corrected chi connectivity index (χ4v) is 2.64. The highest BCUT2D eigenvalue weighted by Gasteiger charge is 2.21. The first-order valence-corrected chi connectivity index (χ1v) is 8.03. The smallest absolute Gasteiger partial charge is 0.139 e. The maximum atomic E-state index is 6.26. The average molecular weight is 397 g/mol. The highest BCUT2D eigenvalue weighted by atomic mass is 127. The van der Waals surface area contributed by atoms with Crippen LogP contribution in [0.3, 0.4) is 0 Å². The van der Waals surface area contributed by atoms with E-state index in [-0.39, 0.29) is 12.1 Å². The van der Waals surface area contributed by atoms with E-state index in [0.29, 0.717) is 0 Å². The van der Waals surface area contributed by atoms with Gasteiger partial charge in [-0.2, -0.15) is 0 Å². The van der Waals surface area contributed by atoms with Crippen molar-refractivity contribution >= 4 is 22.6 Å². The zero-order valence-corrected chi connectivity index (χ0v) is 14.4. The fraction of sp³-hybridized carbons (Fsp3) is 0.294. The van der Waals surface area contributed by atoms with Gasteiger partial charge in [-0.05, 0) is 64.9 Å². The summed E-state index contributed by atoms with van der Waals surface area (Å²) in [6, 6.07) is 15.8. The van der Waals surface area contributed by atoms with E-state index in [1.54, 1.807) is 7.11 Å². The van der Waals surface area contributed by atoms with Crippen molar-refractivity contribution in [1.82, 2.24) is 0 Å². The molecular weight excluding hydrogens is 377 g/mol. The van der Waals surface area contributed by atoms with Crippen molar-refractivity contribution in [2.24, 2.45) is 5.73 Å². The van der Waals surface area contributed by atoms with Crippen LogP contribution in [0.15, 0.2) is 48.5 Å². The number of halogens is 1. The van der Waals surface area contributed by atoms with E-state index in [4.69, 9.17) is 15.2 Å². The van der Waals surface area contributed by atoms with Gasteiger partial charge in [0.2, 0.25) is 0 Å². The van der Waals surface area contributed by atoms with E-state index >= 15 is 0 Å². The molecule has 2 unspecified atom stereocenters. The van der Waals surface area contributed by atoms with E-state index in [9.17, 15) is 0 Å². The molecule has 112 valence electrons. The molecule has 0 aliphatic rings. The molecule has 0 saturated heterocycles. The third kappa shape index (κ3) is 4.35. The molecule has 2 aromatic rings. The average Bonchev–Trinajstić information content (AvgIpc) is 2.52. The van der Waals surface area contributed by atoms with Crippen LogP contribution in [-0.2, 0) is 0 Å². The Morgan fingerprint density at radius 3 is 2.48 bits per heavy atom. The van der Waals surface area contributed by atoms with Gasteiger partial charge in [-0.15, -0.1) is 0 Å². The first-order valence-electron chi connectivity index (χ1n) is 6.95. The number of benzene rings is 2. The normalized spacial score (nSPS) is 13.5. The van der Waals surface area contributed by atoms with Crippen molar-refractivity contribution in [1.29, 1.82) is 0 Å². The lowest BCUT2D eigenvalue weighted by atomic mass is 10.0. The van der Waals surface area contributed by atoms with Crippen LogP contribution in [-0.4, -0.2) is 13.2 Å². The molecular formula is C17H20INO2. The van der Waals surface area contributed by atoms with Crippen LogP contribution in [0.4, 0.5) is 0 Å². The van der Waals surface area contributed by atoms with Gasteiger partial charge in [0.05, 0.1) is 7.11 Å². The van der Waals surface area contributed by atoms with Crippen molar-refractivity contribution in [2.75, 3.05) is 7.11 Å². The summed E-state index contributed by atoms with van der Waals surface area (Å²) in [6.45, 7) is 2.07. The Morgan fingerprint density at radius 1 is 1.10 bits per heavy atom. The predicted octanol–water partition coefficient (Wildman–Crippen LogP) is 4.16. The molecule has 0 amide bonds. The lowest BCUT2D eigenvalue weighted by Gasteiger charge is -2.25. The Balaban J connectivity index is 2.29. The van der Waals surface area contributed by atoms with Gasteiger partial charge in [0.1, 0.15) is 17.6 Å². The Hall–Kier alpha value is -1.27. The molecule has 2 atom stereocenters. The molecule has 2 rings (SSSR count). The van der Waals surface area contributed by atoms with Crippen molar-refractivity contribution < 1.29 is 9.47 Å². The largest absolute Gasteiger partial charge is 0.497 e. The van der Waals surface area contributed by atoms with Gasteiger partial charge in [0.15, 0.2) is 0 Å². The van der Waals surface area contributed by atoms with Gasteiger partial charge < -0.3 is 15.2 Å².